The van der Waals surface area contributed by atoms with Crippen molar-refractivity contribution in [2.75, 3.05) is 31.6 Å². The minimum absolute atomic E-state index is 0.0691. The zero-order chi connectivity index (χ0) is 46.0. The SMILES string of the molecule is C=CC(=O)OCCOC(=O)NCC1(C)CC(NC(=O)C(C)(C)OC(C)CC(C)(CC)OC(=O)NCC2(C)CC(NC(=O)Nc3nc(=O)cc(C)[nH]3)CC(C)(C)C2)CC(C)(C)C1. The van der Waals surface area contributed by atoms with Gasteiger partial charge in [0.25, 0.3) is 11.5 Å². The molecule has 0 radical (unpaired) electrons. The highest BCUT2D eigenvalue weighted by Crippen LogP contribution is 2.47. The normalized spacial score (nSPS) is 24.7. The van der Waals surface area contributed by atoms with Crippen LogP contribution in [0.5, 0.6) is 0 Å². The Hall–Kier alpha value is -4.67. The van der Waals surface area contributed by atoms with E-state index in [2.05, 4.69) is 84.7 Å². The lowest BCUT2D eigenvalue weighted by Gasteiger charge is -2.47. The highest BCUT2D eigenvalue weighted by molar-refractivity contribution is 5.87. The van der Waals surface area contributed by atoms with Crippen LogP contribution < -0.4 is 32.1 Å². The number of H-pyrrole nitrogens is 1. The van der Waals surface area contributed by atoms with Crippen molar-refractivity contribution < 1.29 is 42.9 Å². The Labute approximate surface area is 361 Å². The van der Waals surface area contributed by atoms with Crippen LogP contribution in [-0.4, -0.2) is 95.8 Å². The van der Waals surface area contributed by atoms with Gasteiger partial charge in [-0.3, -0.25) is 14.9 Å². The molecular formula is C44H73N7O10. The fourth-order valence-corrected chi connectivity index (χ4v) is 9.75. The van der Waals surface area contributed by atoms with Gasteiger partial charge in [-0.25, -0.2) is 19.2 Å². The lowest BCUT2D eigenvalue weighted by atomic mass is 9.62. The summed E-state index contributed by atoms with van der Waals surface area (Å²) < 4.78 is 22.4. The second-order valence-corrected chi connectivity index (χ2v) is 20.4. The smallest absolute Gasteiger partial charge is 0.407 e. The monoisotopic (exact) mass is 860 g/mol. The molecule has 1 aromatic heterocycles. The summed E-state index contributed by atoms with van der Waals surface area (Å²) in [6.07, 6.45) is 4.58. The lowest BCUT2D eigenvalue weighted by molar-refractivity contribution is -0.154. The van der Waals surface area contributed by atoms with Crippen molar-refractivity contribution in [1.29, 1.82) is 0 Å². The number of aromatic amines is 1. The number of aryl methyl sites for hydroxylation is 1. The summed E-state index contributed by atoms with van der Waals surface area (Å²) >= 11 is 0. The molecule has 2 saturated carbocycles. The molecule has 1 heterocycles. The third-order valence-corrected chi connectivity index (χ3v) is 11.6. The second-order valence-electron chi connectivity index (χ2n) is 20.4. The minimum Gasteiger partial charge on any atom is -0.459 e. The summed E-state index contributed by atoms with van der Waals surface area (Å²) in [4.78, 5) is 82.1. The molecule has 6 atom stereocenters. The van der Waals surface area contributed by atoms with Crippen LogP contribution in [0.1, 0.15) is 133 Å². The number of hydrogen-bond acceptors (Lipinski definition) is 11. The average molecular weight is 860 g/mol. The summed E-state index contributed by atoms with van der Waals surface area (Å²) in [5, 5.41) is 14.7. The number of carbonyl (C=O) groups is 5. The van der Waals surface area contributed by atoms with Crippen molar-refractivity contribution >= 4 is 36.0 Å². The topological polar surface area (TPSA) is 228 Å². The quantitative estimate of drug-likeness (QED) is 0.0409. The van der Waals surface area contributed by atoms with E-state index >= 15 is 0 Å². The zero-order valence-electron chi connectivity index (χ0n) is 38.6. The number of nitrogens with one attached hydrogen (secondary N) is 6. The molecule has 0 aliphatic heterocycles. The molecule has 2 aliphatic carbocycles. The molecule has 17 heteroatoms. The van der Waals surface area contributed by atoms with Gasteiger partial charge in [-0.15, -0.1) is 0 Å². The first-order valence-electron chi connectivity index (χ1n) is 21.4. The lowest BCUT2D eigenvalue weighted by Crippen LogP contribution is -2.55. The molecule has 5 amide bonds. The van der Waals surface area contributed by atoms with E-state index in [1.54, 1.807) is 20.8 Å². The molecule has 0 aromatic carbocycles. The fraction of sp³-hybridized carbons (Fsp3) is 0.750. The molecule has 2 fully saturated rings. The van der Waals surface area contributed by atoms with E-state index in [0.29, 0.717) is 44.5 Å². The molecule has 0 saturated heterocycles. The van der Waals surface area contributed by atoms with Crippen LogP contribution >= 0.6 is 0 Å². The Morgan fingerprint density at radius 1 is 0.885 bits per heavy atom. The van der Waals surface area contributed by atoms with E-state index in [1.165, 1.54) is 6.07 Å². The highest BCUT2D eigenvalue weighted by Gasteiger charge is 2.45. The summed E-state index contributed by atoms with van der Waals surface area (Å²) in [6.45, 7) is 27.4. The molecule has 0 spiro atoms. The first kappa shape index (κ1) is 50.7. The van der Waals surface area contributed by atoms with E-state index in [-0.39, 0.29) is 58.8 Å². The molecule has 6 unspecified atom stereocenters. The Morgan fingerprint density at radius 2 is 1.43 bits per heavy atom. The average Bonchev–Trinajstić information content (AvgIpc) is 3.09. The predicted molar refractivity (Wildman–Crippen MR) is 232 cm³/mol. The molecule has 17 nitrogen and oxygen atoms in total. The number of ether oxygens (including phenoxy) is 4. The predicted octanol–water partition coefficient (Wildman–Crippen LogP) is 6.41. The molecule has 3 rings (SSSR count). The number of carbonyl (C=O) groups excluding carboxylic acids is 5. The molecule has 0 bridgehead atoms. The molecule has 61 heavy (non-hydrogen) atoms. The molecule has 1 aromatic rings. The minimum atomic E-state index is -1.21. The summed E-state index contributed by atoms with van der Waals surface area (Å²) in [7, 11) is 0. The van der Waals surface area contributed by atoms with Crippen LogP contribution in [0, 0.1) is 28.6 Å². The van der Waals surface area contributed by atoms with Crippen molar-refractivity contribution in [3.05, 3.63) is 34.8 Å². The number of amides is 5. The summed E-state index contributed by atoms with van der Waals surface area (Å²) in [5.41, 5.74) is -2.93. The van der Waals surface area contributed by atoms with Crippen molar-refractivity contribution in [3.8, 4) is 0 Å². The van der Waals surface area contributed by atoms with Gasteiger partial charge in [0.2, 0.25) is 5.95 Å². The molecule has 6 N–H and O–H groups in total. The third-order valence-electron chi connectivity index (χ3n) is 11.6. The van der Waals surface area contributed by atoms with Gasteiger partial charge in [-0.1, -0.05) is 55.0 Å². The van der Waals surface area contributed by atoms with Crippen LogP contribution in [0.2, 0.25) is 0 Å². The van der Waals surface area contributed by atoms with Crippen LogP contribution in [0.25, 0.3) is 0 Å². The van der Waals surface area contributed by atoms with Crippen LogP contribution in [0.4, 0.5) is 20.3 Å². The van der Waals surface area contributed by atoms with Crippen LogP contribution in [0.15, 0.2) is 23.5 Å². The highest BCUT2D eigenvalue weighted by atomic mass is 16.6. The number of anilines is 1. The van der Waals surface area contributed by atoms with Crippen LogP contribution in [0.3, 0.4) is 0 Å². The number of hydrogen-bond donors (Lipinski definition) is 6. The molecular weight excluding hydrogens is 787 g/mol. The van der Waals surface area contributed by atoms with Gasteiger partial charge in [-0.2, -0.15) is 4.98 Å². The van der Waals surface area contributed by atoms with E-state index in [4.69, 9.17) is 18.9 Å². The number of rotatable bonds is 18. The number of urea groups is 1. The van der Waals surface area contributed by atoms with Gasteiger partial charge in [-0.05, 0) is 101 Å². The van der Waals surface area contributed by atoms with E-state index < -0.39 is 47.1 Å². The number of esters is 1. The van der Waals surface area contributed by atoms with Crippen molar-refractivity contribution in [2.45, 2.75) is 164 Å². The number of aromatic nitrogens is 2. The Bertz CT molecular complexity index is 1800. The maximum absolute atomic E-state index is 13.8. The first-order chi connectivity index (χ1) is 28.1. The van der Waals surface area contributed by atoms with Crippen molar-refractivity contribution in [1.82, 2.24) is 31.2 Å². The molecule has 2 aliphatic rings. The third kappa shape index (κ3) is 17.0. The standard InChI is InChI=1S/C44H73N7O10/c1-14-33(53)58-16-17-59-37(56)45-26-42(11)22-30(20-39(5,6)24-42)48-34(54)41(9,10)60-29(4)19-44(13,15-2)61-38(57)46-27-43(12)23-31(21-40(7,8)25-43)49-36(55)51-35-47-28(3)18-32(52)50-35/h14,18,29-31H,1,15-17,19-27H2,2-13H3,(H,45,56)(H,46,57)(H,48,54)(H3,47,49,50,51,52,55). The Morgan fingerprint density at radius 3 is 1.97 bits per heavy atom. The van der Waals surface area contributed by atoms with Gasteiger partial charge in [0.15, 0.2) is 0 Å². The largest absolute Gasteiger partial charge is 0.459 e. The second kappa shape index (κ2) is 20.5. The Balaban J connectivity index is 1.52. The van der Waals surface area contributed by atoms with Gasteiger partial charge in [0.1, 0.15) is 24.4 Å². The maximum Gasteiger partial charge on any atom is 0.407 e. The number of alkyl carbamates (subject to hydrolysis) is 2. The van der Waals surface area contributed by atoms with Gasteiger partial charge in [0, 0.05) is 49.4 Å². The first-order valence-corrected chi connectivity index (χ1v) is 21.4. The van der Waals surface area contributed by atoms with E-state index in [9.17, 15) is 28.8 Å². The summed E-state index contributed by atoms with van der Waals surface area (Å²) in [6, 6.07) is 0.496. The zero-order valence-corrected chi connectivity index (χ0v) is 38.6. The van der Waals surface area contributed by atoms with Crippen molar-refractivity contribution in [2.24, 2.45) is 21.7 Å². The van der Waals surface area contributed by atoms with E-state index in [0.717, 1.165) is 31.8 Å². The van der Waals surface area contributed by atoms with Gasteiger partial charge in [0.05, 0.1) is 6.10 Å². The molecule has 344 valence electrons. The van der Waals surface area contributed by atoms with Crippen molar-refractivity contribution in [3.63, 3.8) is 0 Å². The Kier molecular flexibility index (Phi) is 17.0. The van der Waals surface area contributed by atoms with E-state index in [1.807, 2.05) is 20.8 Å². The maximum atomic E-state index is 13.8. The van der Waals surface area contributed by atoms with Gasteiger partial charge >= 0.3 is 24.2 Å². The summed E-state index contributed by atoms with van der Waals surface area (Å²) in [5.74, 6) is -0.789. The van der Waals surface area contributed by atoms with Gasteiger partial charge < -0.3 is 45.2 Å². The fourth-order valence-electron chi connectivity index (χ4n) is 9.75. The number of nitrogens with zero attached hydrogens (tertiary/aromatic N) is 1. The van der Waals surface area contributed by atoms with Crippen LogP contribution in [-0.2, 0) is 28.5 Å².